The molecular weight excluding hydrogens is 242 g/mol. The van der Waals surface area contributed by atoms with Gasteiger partial charge in [-0.05, 0) is 48.4 Å². The van der Waals surface area contributed by atoms with Crippen LogP contribution in [0.3, 0.4) is 0 Å². The van der Waals surface area contributed by atoms with Crippen LogP contribution in [0.5, 0.6) is 5.75 Å². The Hall–Kier alpha value is -2.49. The van der Waals surface area contributed by atoms with Crippen molar-refractivity contribution < 1.29 is 15.0 Å². The van der Waals surface area contributed by atoms with Gasteiger partial charge in [-0.3, -0.25) is 0 Å². The number of phenolic OH excluding ortho intramolecular Hbond substituents is 1. The summed E-state index contributed by atoms with van der Waals surface area (Å²) in [5, 5.41) is 21.5. The third-order valence-electron chi connectivity index (χ3n) is 2.87. The van der Waals surface area contributed by atoms with Crippen LogP contribution in [0.4, 0.5) is 5.69 Å². The van der Waals surface area contributed by atoms with Crippen molar-refractivity contribution in [3.63, 3.8) is 0 Å². The molecule has 4 heteroatoms. The molecule has 0 aliphatic carbocycles. The van der Waals surface area contributed by atoms with Crippen molar-refractivity contribution >= 4 is 11.7 Å². The van der Waals surface area contributed by atoms with E-state index in [2.05, 4.69) is 5.32 Å². The first-order chi connectivity index (χ1) is 9.06. The van der Waals surface area contributed by atoms with Crippen molar-refractivity contribution in [2.24, 2.45) is 0 Å². The van der Waals surface area contributed by atoms with Gasteiger partial charge in [-0.1, -0.05) is 12.1 Å². The van der Waals surface area contributed by atoms with Gasteiger partial charge in [-0.15, -0.1) is 0 Å². The summed E-state index contributed by atoms with van der Waals surface area (Å²) in [6.07, 6.45) is 0. The second-order valence-corrected chi connectivity index (χ2v) is 4.36. The number of benzene rings is 2. The first kappa shape index (κ1) is 13.0. The maximum Gasteiger partial charge on any atom is 0.335 e. The van der Waals surface area contributed by atoms with Crippen LogP contribution in [-0.4, -0.2) is 16.2 Å². The number of hydrogen-bond acceptors (Lipinski definition) is 3. The Bertz CT molecular complexity index is 608. The van der Waals surface area contributed by atoms with Crippen LogP contribution < -0.4 is 5.32 Å². The Labute approximate surface area is 111 Å². The second kappa shape index (κ2) is 5.44. The summed E-state index contributed by atoms with van der Waals surface area (Å²) in [7, 11) is 0. The molecule has 0 atom stereocenters. The zero-order chi connectivity index (χ0) is 13.8. The van der Waals surface area contributed by atoms with Crippen molar-refractivity contribution in [3.05, 3.63) is 59.2 Å². The quantitative estimate of drug-likeness (QED) is 0.787. The lowest BCUT2D eigenvalue weighted by molar-refractivity contribution is 0.0697. The third kappa shape index (κ3) is 3.25. The largest absolute Gasteiger partial charge is 0.508 e. The van der Waals surface area contributed by atoms with Gasteiger partial charge >= 0.3 is 5.97 Å². The van der Waals surface area contributed by atoms with Crippen LogP contribution in [-0.2, 0) is 6.54 Å². The Morgan fingerprint density at radius 2 is 2.00 bits per heavy atom. The number of carbonyl (C=O) groups is 1. The number of carboxylic acid groups (broad SMARTS) is 1. The van der Waals surface area contributed by atoms with E-state index < -0.39 is 5.97 Å². The fraction of sp³-hybridized carbons (Fsp3) is 0.133. The van der Waals surface area contributed by atoms with E-state index in [4.69, 9.17) is 5.11 Å². The zero-order valence-corrected chi connectivity index (χ0v) is 10.6. The smallest absolute Gasteiger partial charge is 0.335 e. The maximum atomic E-state index is 10.8. The summed E-state index contributed by atoms with van der Waals surface area (Å²) in [4.78, 5) is 10.8. The number of aromatic hydroxyl groups is 1. The molecule has 4 nitrogen and oxygen atoms in total. The predicted octanol–water partition coefficient (Wildman–Crippen LogP) is 3.01. The molecule has 0 radical (unpaired) electrons. The molecule has 0 heterocycles. The van der Waals surface area contributed by atoms with Gasteiger partial charge in [-0.2, -0.15) is 0 Å². The average Bonchev–Trinajstić information content (AvgIpc) is 2.37. The van der Waals surface area contributed by atoms with Gasteiger partial charge in [0.25, 0.3) is 0 Å². The van der Waals surface area contributed by atoms with Gasteiger partial charge in [0.1, 0.15) is 5.75 Å². The van der Waals surface area contributed by atoms with Crippen LogP contribution in [0.25, 0.3) is 0 Å². The molecular formula is C15H15NO3. The van der Waals surface area contributed by atoms with Crippen LogP contribution >= 0.6 is 0 Å². The molecule has 0 aliphatic heterocycles. The lowest BCUT2D eigenvalue weighted by atomic mass is 10.1. The van der Waals surface area contributed by atoms with Gasteiger partial charge in [0.2, 0.25) is 0 Å². The minimum Gasteiger partial charge on any atom is -0.508 e. The number of rotatable bonds is 4. The number of hydrogen-bond donors (Lipinski definition) is 3. The zero-order valence-electron chi connectivity index (χ0n) is 10.6. The number of aromatic carboxylic acids is 1. The monoisotopic (exact) mass is 257 g/mol. The fourth-order valence-electron chi connectivity index (χ4n) is 1.86. The third-order valence-corrected chi connectivity index (χ3v) is 2.87. The molecule has 0 bridgehead atoms. The summed E-state index contributed by atoms with van der Waals surface area (Å²) in [5.41, 5.74) is 3.00. The van der Waals surface area contributed by atoms with Gasteiger partial charge in [0.15, 0.2) is 0 Å². The minimum absolute atomic E-state index is 0.234. The minimum atomic E-state index is -0.928. The normalized spacial score (nSPS) is 10.2. The van der Waals surface area contributed by atoms with Gasteiger partial charge < -0.3 is 15.5 Å². The highest BCUT2D eigenvalue weighted by Crippen LogP contribution is 2.18. The van der Waals surface area contributed by atoms with Crippen LogP contribution in [0.2, 0.25) is 0 Å². The number of anilines is 1. The van der Waals surface area contributed by atoms with Crippen molar-refractivity contribution in [1.82, 2.24) is 0 Å². The number of nitrogens with one attached hydrogen (secondary N) is 1. The summed E-state index contributed by atoms with van der Waals surface area (Å²) in [6.45, 7) is 2.43. The molecule has 3 N–H and O–H groups in total. The summed E-state index contributed by atoms with van der Waals surface area (Å²) in [5.74, 6) is -0.695. The Morgan fingerprint density at radius 1 is 1.21 bits per heavy atom. The molecule has 0 unspecified atom stereocenters. The molecule has 0 saturated heterocycles. The highest BCUT2D eigenvalue weighted by Gasteiger charge is 2.05. The van der Waals surface area contributed by atoms with Crippen molar-refractivity contribution in [3.8, 4) is 5.75 Å². The van der Waals surface area contributed by atoms with E-state index in [0.717, 1.165) is 16.8 Å². The summed E-state index contributed by atoms with van der Waals surface area (Å²) in [6, 6.07) is 12.0. The molecule has 19 heavy (non-hydrogen) atoms. The highest BCUT2D eigenvalue weighted by atomic mass is 16.4. The van der Waals surface area contributed by atoms with E-state index in [-0.39, 0.29) is 11.3 Å². The predicted molar refractivity (Wildman–Crippen MR) is 73.6 cm³/mol. The SMILES string of the molecule is Cc1cc(C(=O)O)ccc1NCc1cccc(O)c1. The van der Waals surface area contributed by atoms with Crippen molar-refractivity contribution in [2.45, 2.75) is 13.5 Å². The number of phenols is 1. The first-order valence-corrected chi connectivity index (χ1v) is 5.92. The van der Waals surface area contributed by atoms with Crippen molar-refractivity contribution in [2.75, 3.05) is 5.32 Å². The van der Waals surface area contributed by atoms with Crippen LogP contribution in [0.1, 0.15) is 21.5 Å². The molecule has 0 aliphatic rings. The van der Waals surface area contributed by atoms with Crippen LogP contribution in [0.15, 0.2) is 42.5 Å². The lowest BCUT2D eigenvalue weighted by Gasteiger charge is -2.10. The molecule has 0 aromatic heterocycles. The van der Waals surface area contributed by atoms with Gasteiger partial charge in [0.05, 0.1) is 5.56 Å². The number of aryl methyl sites for hydroxylation is 1. The first-order valence-electron chi connectivity index (χ1n) is 5.92. The Morgan fingerprint density at radius 3 is 2.63 bits per heavy atom. The molecule has 2 aromatic rings. The maximum absolute atomic E-state index is 10.8. The molecule has 2 rings (SSSR count). The Kier molecular flexibility index (Phi) is 3.71. The molecule has 0 saturated carbocycles. The van der Waals surface area contributed by atoms with Crippen molar-refractivity contribution in [1.29, 1.82) is 0 Å². The molecule has 0 spiro atoms. The number of carboxylic acids is 1. The van der Waals surface area contributed by atoms with E-state index >= 15 is 0 Å². The van der Waals surface area contributed by atoms with Gasteiger partial charge in [-0.25, -0.2) is 4.79 Å². The standard InChI is InChI=1S/C15H15NO3/c1-10-7-12(15(18)19)5-6-14(10)16-9-11-3-2-4-13(17)8-11/h2-8,16-17H,9H2,1H3,(H,18,19). The molecule has 98 valence electrons. The molecule has 0 amide bonds. The fourth-order valence-corrected chi connectivity index (χ4v) is 1.86. The summed E-state index contributed by atoms with van der Waals surface area (Å²) >= 11 is 0. The van der Waals surface area contributed by atoms with E-state index in [1.54, 1.807) is 36.4 Å². The molecule has 0 fully saturated rings. The topological polar surface area (TPSA) is 69.6 Å². The van der Waals surface area contributed by atoms with E-state index in [0.29, 0.717) is 6.54 Å². The van der Waals surface area contributed by atoms with Gasteiger partial charge in [0, 0.05) is 12.2 Å². The Balaban J connectivity index is 2.10. The average molecular weight is 257 g/mol. The molecule has 2 aromatic carbocycles. The van der Waals surface area contributed by atoms with E-state index in [1.165, 1.54) is 0 Å². The second-order valence-electron chi connectivity index (χ2n) is 4.36. The summed E-state index contributed by atoms with van der Waals surface area (Å²) < 4.78 is 0. The van der Waals surface area contributed by atoms with Crippen LogP contribution in [0, 0.1) is 6.92 Å². The van der Waals surface area contributed by atoms with E-state index in [9.17, 15) is 9.90 Å². The van der Waals surface area contributed by atoms with E-state index in [1.807, 2.05) is 13.0 Å². The lowest BCUT2D eigenvalue weighted by Crippen LogP contribution is -2.03. The highest BCUT2D eigenvalue weighted by molar-refractivity contribution is 5.88.